The van der Waals surface area contributed by atoms with Gasteiger partial charge in [0.25, 0.3) is 0 Å². The smallest absolute Gasteiger partial charge is 0.241 e. The van der Waals surface area contributed by atoms with Crippen LogP contribution in [0, 0.1) is 5.92 Å². The number of carbonyl (C=O) groups excluding carboxylic acids is 1. The molecule has 20 heavy (non-hydrogen) atoms. The number of piperidine rings is 1. The van der Waals surface area contributed by atoms with Crippen molar-refractivity contribution in [2.45, 2.75) is 71.1 Å². The van der Waals surface area contributed by atoms with Crippen LogP contribution in [-0.4, -0.2) is 54.1 Å². The Morgan fingerprint density at radius 1 is 1.35 bits per heavy atom. The highest BCUT2D eigenvalue weighted by atomic mass is 16.2. The zero-order valence-corrected chi connectivity index (χ0v) is 13.6. The predicted molar refractivity (Wildman–Crippen MR) is 82.4 cm³/mol. The van der Waals surface area contributed by atoms with E-state index in [1.807, 2.05) is 0 Å². The van der Waals surface area contributed by atoms with Gasteiger partial charge in [0, 0.05) is 12.6 Å². The third-order valence-electron chi connectivity index (χ3n) is 4.94. The molecule has 2 aliphatic rings. The summed E-state index contributed by atoms with van der Waals surface area (Å²) in [6, 6.07) is 0.481. The lowest BCUT2D eigenvalue weighted by Gasteiger charge is -2.42. The van der Waals surface area contributed by atoms with Crippen molar-refractivity contribution in [1.82, 2.24) is 15.1 Å². The van der Waals surface area contributed by atoms with E-state index >= 15 is 0 Å². The second-order valence-electron chi connectivity index (χ2n) is 6.63. The fraction of sp³-hybridized carbons (Fsp3) is 0.938. The molecule has 0 bridgehead atoms. The number of nitrogens with zero attached hydrogens (tertiary/aromatic N) is 2. The Hall–Kier alpha value is -0.610. The van der Waals surface area contributed by atoms with E-state index in [2.05, 4.69) is 42.9 Å². The van der Waals surface area contributed by atoms with E-state index in [1.54, 1.807) is 0 Å². The van der Waals surface area contributed by atoms with E-state index < -0.39 is 0 Å². The molecule has 1 N–H and O–H groups in total. The van der Waals surface area contributed by atoms with E-state index in [0.29, 0.717) is 17.9 Å². The standard InChI is InChI=1S/C16H31N3O/c1-5-7-8-13-16(20)19(15(6-2)17-13)14-9-10-18(4)11-12(14)3/h12-15,17H,5-11H2,1-4H3. The summed E-state index contributed by atoms with van der Waals surface area (Å²) in [5, 5.41) is 3.57. The summed E-state index contributed by atoms with van der Waals surface area (Å²) in [5.41, 5.74) is 0. The lowest BCUT2D eigenvalue weighted by molar-refractivity contribution is -0.134. The quantitative estimate of drug-likeness (QED) is 0.838. The highest BCUT2D eigenvalue weighted by Gasteiger charge is 2.43. The van der Waals surface area contributed by atoms with E-state index in [0.717, 1.165) is 45.2 Å². The first-order chi connectivity index (χ1) is 9.58. The fourth-order valence-electron chi connectivity index (χ4n) is 3.80. The molecular weight excluding hydrogens is 250 g/mol. The first-order valence-electron chi connectivity index (χ1n) is 8.35. The summed E-state index contributed by atoms with van der Waals surface area (Å²) in [6.07, 6.45) is 5.66. The highest BCUT2D eigenvalue weighted by molar-refractivity contribution is 5.84. The zero-order valence-electron chi connectivity index (χ0n) is 13.6. The first-order valence-corrected chi connectivity index (χ1v) is 8.35. The molecule has 2 rings (SSSR count). The van der Waals surface area contributed by atoms with Crippen LogP contribution >= 0.6 is 0 Å². The number of nitrogens with one attached hydrogen (secondary N) is 1. The molecule has 0 spiro atoms. The minimum Gasteiger partial charge on any atom is -0.322 e. The van der Waals surface area contributed by atoms with Crippen molar-refractivity contribution in [2.75, 3.05) is 20.1 Å². The Balaban J connectivity index is 2.06. The minimum absolute atomic E-state index is 0.0618. The number of rotatable bonds is 5. The molecule has 4 atom stereocenters. The van der Waals surface area contributed by atoms with Crippen molar-refractivity contribution in [1.29, 1.82) is 0 Å². The average Bonchev–Trinajstić information content (AvgIpc) is 2.73. The van der Waals surface area contributed by atoms with Gasteiger partial charge in [-0.1, -0.05) is 33.6 Å². The Labute approximate surface area is 123 Å². The van der Waals surface area contributed by atoms with Crippen LogP contribution in [0.1, 0.15) is 52.9 Å². The average molecular weight is 281 g/mol. The molecule has 0 radical (unpaired) electrons. The maximum absolute atomic E-state index is 12.8. The minimum atomic E-state index is 0.0618. The summed E-state index contributed by atoms with van der Waals surface area (Å²) < 4.78 is 0. The molecule has 0 aromatic carbocycles. The second-order valence-corrected chi connectivity index (χ2v) is 6.63. The van der Waals surface area contributed by atoms with E-state index in [4.69, 9.17) is 0 Å². The van der Waals surface area contributed by atoms with Gasteiger partial charge < -0.3 is 9.80 Å². The summed E-state index contributed by atoms with van der Waals surface area (Å²) >= 11 is 0. The van der Waals surface area contributed by atoms with Crippen LogP contribution in [-0.2, 0) is 4.79 Å². The number of amides is 1. The van der Waals surface area contributed by atoms with Gasteiger partial charge in [0.2, 0.25) is 5.91 Å². The largest absolute Gasteiger partial charge is 0.322 e. The summed E-state index contributed by atoms with van der Waals surface area (Å²) in [7, 11) is 2.18. The van der Waals surface area contributed by atoms with Crippen molar-refractivity contribution >= 4 is 5.91 Å². The molecule has 2 heterocycles. The lowest BCUT2D eigenvalue weighted by Crippen LogP contribution is -2.53. The van der Waals surface area contributed by atoms with Crippen molar-refractivity contribution in [2.24, 2.45) is 5.92 Å². The van der Waals surface area contributed by atoms with Gasteiger partial charge in [-0.2, -0.15) is 0 Å². The normalized spacial score (nSPS) is 35.8. The molecule has 2 fully saturated rings. The Kier molecular flexibility index (Phi) is 5.44. The number of likely N-dealkylation sites (tertiary alicyclic amines) is 1. The van der Waals surface area contributed by atoms with Gasteiger partial charge in [-0.25, -0.2) is 0 Å². The van der Waals surface area contributed by atoms with Gasteiger partial charge in [0.15, 0.2) is 0 Å². The van der Waals surface area contributed by atoms with Crippen LogP contribution in [0.4, 0.5) is 0 Å². The maximum Gasteiger partial charge on any atom is 0.241 e. The number of unbranched alkanes of at least 4 members (excludes halogenated alkanes) is 1. The Bertz CT molecular complexity index is 334. The maximum atomic E-state index is 12.8. The zero-order chi connectivity index (χ0) is 14.7. The third kappa shape index (κ3) is 3.17. The summed E-state index contributed by atoms with van der Waals surface area (Å²) in [4.78, 5) is 17.3. The van der Waals surface area contributed by atoms with Gasteiger partial charge >= 0.3 is 0 Å². The molecule has 116 valence electrons. The summed E-state index contributed by atoms with van der Waals surface area (Å²) in [5.74, 6) is 0.921. The van der Waals surface area contributed by atoms with Crippen molar-refractivity contribution < 1.29 is 4.79 Å². The molecule has 1 amide bonds. The first kappa shape index (κ1) is 15.8. The van der Waals surface area contributed by atoms with Gasteiger partial charge in [0.05, 0.1) is 12.2 Å². The van der Waals surface area contributed by atoms with Gasteiger partial charge in [-0.3, -0.25) is 10.1 Å². The second kappa shape index (κ2) is 6.90. The molecule has 0 saturated carbocycles. The van der Waals surface area contributed by atoms with E-state index in [-0.39, 0.29) is 12.2 Å². The SMILES string of the molecule is CCCCC1NC(CC)N(C2CCN(C)CC2C)C1=O. The molecule has 0 aliphatic carbocycles. The van der Waals surface area contributed by atoms with Crippen LogP contribution in [0.25, 0.3) is 0 Å². The number of carbonyl (C=O) groups is 1. The molecule has 2 aliphatic heterocycles. The van der Waals surface area contributed by atoms with Gasteiger partial charge in [-0.15, -0.1) is 0 Å². The molecular formula is C16H31N3O. The fourth-order valence-corrected chi connectivity index (χ4v) is 3.80. The molecule has 0 aromatic rings. The molecule has 4 nitrogen and oxygen atoms in total. The lowest BCUT2D eigenvalue weighted by atomic mass is 9.92. The Morgan fingerprint density at radius 3 is 2.70 bits per heavy atom. The van der Waals surface area contributed by atoms with Crippen molar-refractivity contribution in [3.05, 3.63) is 0 Å². The van der Waals surface area contributed by atoms with E-state index in [9.17, 15) is 4.79 Å². The van der Waals surface area contributed by atoms with Crippen molar-refractivity contribution in [3.63, 3.8) is 0 Å². The molecule has 0 aromatic heterocycles. The van der Waals surface area contributed by atoms with Crippen molar-refractivity contribution in [3.8, 4) is 0 Å². The van der Waals surface area contributed by atoms with Crippen LogP contribution in [0.3, 0.4) is 0 Å². The monoisotopic (exact) mass is 281 g/mol. The Morgan fingerprint density at radius 2 is 2.10 bits per heavy atom. The van der Waals surface area contributed by atoms with Crippen LogP contribution < -0.4 is 5.32 Å². The van der Waals surface area contributed by atoms with Gasteiger partial charge in [-0.05, 0) is 38.8 Å². The predicted octanol–water partition coefficient (Wildman–Crippen LogP) is 2.05. The topological polar surface area (TPSA) is 35.6 Å². The molecule has 4 unspecified atom stereocenters. The highest BCUT2D eigenvalue weighted by Crippen LogP contribution is 2.28. The summed E-state index contributed by atoms with van der Waals surface area (Å²) in [6.45, 7) is 8.87. The van der Waals surface area contributed by atoms with Crippen LogP contribution in [0.5, 0.6) is 0 Å². The van der Waals surface area contributed by atoms with Crippen LogP contribution in [0.15, 0.2) is 0 Å². The van der Waals surface area contributed by atoms with E-state index in [1.165, 1.54) is 0 Å². The molecule has 2 saturated heterocycles. The van der Waals surface area contributed by atoms with Crippen LogP contribution in [0.2, 0.25) is 0 Å². The number of hydrogen-bond acceptors (Lipinski definition) is 3. The number of hydrogen-bond donors (Lipinski definition) is 1. The molecule has 4 heteroatoms. The van der Waals surface area contributed by atoms with Gasteiger partial charge in [0.1, 0.15) is 0 Å². The third-order valence-corrected chi connectivity index (χ3v) is 4.94.